The van der Waals surface area contributed by atoms with E-state index in [1.807, 2.05) is 11.3 Å². The Balaban J connectivity index is 1.01. The third kappa shape index (κ3) is 5.90. The van der Waals surface area contributed by atoms with Gasteiger partial charge in [0.25, 0.3) is 0 Å². The van der Waals surface area contributed by atoms with Crippen LogP contribution in [0.5, 0.6) is 0 Å². The van der Waals surface area contributed by atoms with Crippen LogP contribution < -0.4 is 9.80 Å². The molecule has 0 radical (unpaired) electrons. The number of rotatable bonds is 8. The molecule has 3 nitrogen and oxygen atoms in total. The molecule has 0 atom stereocenters. The average Bonchev–Trinajstić information content (AvgIpc) is 3.83. The first-order valence-corrected chi connectivity index (χ1v) is 20.5. The molecule has 0 unspecified atom stereocenters. The number of hydrogen-bond acceptors (Lipinski definition) is 3. The monoisotopic (exact) mass is 759 g/mol. The summed E-state index contributed by atoms with van der Waals surface area (Å²) in [4.78, 5) is 4.69. The van der Waals surface area contributed by atoms with E-state index in [-0.39, 0.29) is 0 Å². The van der Waals surface area contributed by atoms with Gasteiger partial charge in [-0.25, -0.2) is 0 Å². The lowest BCUT2D eigenvalue weighted by Gasteiger charge is -2.29. The van der Waals surface area contributed by atoms with Crippen molar-refractivity contribution in [3.63, 3.8) is 0 Å². The summed E-state index contributed by atoms with van der Waals surface area (Å²) >= 11 is 1.86. The first kappa shape index (κ1) is 33.9. The van der Waals surface area contributed by atoms with E-state index < -0.39 is 0 Å². The molecular weight excluding hydrogens is 723 g/mol. The fourth-order valence-electron chi connectivity index (χ4n) is 8.49. The summed E-state index contributed by atoms with van der Waals surface area (Å²) in [6.45, 7) is 0. The van der Waals surface area contributed by atoms with Crippen LogP contribution in [0.4, 0.5) is 34.1 Å². The molecule has 0 saturated heterocycles. The SMILES string of the molecule is c1ccc(N(c2ccccc2)c2cccc(N(c3ccccc3)c3ccc4c(c3)sc3ccc(-c5ccc6c7ccccc7n(-c7ccccc7)c6c5)cc34)c2)cc1. The predicted molar refractivity (Wildman–Crippen MR) is 248 cm³/mol. The van der Waals surface area contributed by atoms with E-state index in [0.717, 1.165) is 34.1 Å². The van der Waals surface area contributed by atoms with Gasteiger partial charge in [0.2, 0.25) is 0 Å². The van der Waals surface area contributed by atoms with Crippen LogP contribution in [0.2, 0.25) is 0 Å². The number of aromatic nitrogens is 1. The lowest BCUT2D eigenvalue weighted by molar-refractivity contribution is 1.18. The highest BCUT2D eigenvalue weighted by Crippen LogP contribution is 2.44. The molecule has 0 aliphatic rings. The Morgan fingerprint density at radius 2 is 0.793 bits per heavy atom. The maximum absolute atomic E-state index is 2.39. The van der Waals surface area contributed by atoms with Crippen LogP contribution >= 0.6 is 11.3 Å². The molecule has 2 heterocycles. The quantitative estimate of drug-likeness (QED) is 0.153. The van der Waals surface area contributed by atoms with Gasteiger partial charge in [0, 0.05) is 70.8 Å². The number of para-hydroxylation sites is 5. The van der Waals surface area contributed by atoms with Crippen LogP contribution in [0.25, 0.3) is 58.8 Å². The minimum absolute atomic E-state index is 1.09. The molecule has 274 valence electrons. The highest BCUT2D eigenvalue weighted by Gasteiger charge is 2.19. The minimum atomic E-state index is 1.09. The van der Waals surface area contributed by atoms with E-state index in [2.05, 4.69) is 239 Å². The number of thiophene rings is 1. The van der Waals surface area contributed by atoms with Gasteiger partial charge in [-0.05, 0) is 114 Å². The molecule has 0 saturated carbocycles. The van der Waals surface area contributed by atoms with Gasteiger partial charge in [0.15, 0.2) is 0 Å². The van der Waals surface area contributed by atoms with Crippen molar-refractivity contribution >= 4 is 87.4 Å². The largest absolute Gasteiger partial charge is 0.310 e. The highest BCUT2D eigenvalue weighted by molar-refractivity contribution is 7.25. The Morgan fingerprint density at radius 1 is 0.293 bits per heavy atom. The first-order valence-electron chi connectivity index (χ1n) is 19.7. The molecule has 11 aromatic rings. The molecule has 0 amide bonds. The van der Waals surface area contributed by atoms with Crippen molar-refractivity contribution in [3.8, 4) is 16.8 Å². The van der Waals surface area contributed by atoms with Gasteiger partial charge >= 0.3 is 0 Å². The second-order valence-electron chi connectivity index (χ2n) is 14.6. The zero-order chi connectivity index (χ0) is 38.4. The van der Waals surface area contributed by atoms with Gasteiger partial charge < -0.3 is 14.4 Å². The summed E-state index contributed by atoms with van der Waals surface area (Å²) in [5.74, 6) is 0. The van der Waals surface area contributed by atoms with Crippen molar-refractivity contribution < 1.29 is 0 Å². The average molecular weight is 760 g/mol. The van der Waals surface area contributed by atoms with Crippen LogP contribution in [0.3, 0.4) is 0 Å². The second kappa shape index (κ2) is 14.3. The van der Waals surface area contributed by atoms with Crippen molar-refractivity contribution in [2.24, 2.45) is 0 Å². The fraction of sp³-hybridized carbons (Fsp3) is 0. The van der Waals surface area contributed by atoms with E-state index in [1.54, 1.807) is 0 Å². The fourth-order valence-corrected chi connectivity index (χ4v) is 9.61. The molecule has 0 bridgehead atoms. The summed E-state index contributed by atoms with van der Waals surface area (Å²) < 4.78 is 4.94. The van der Waals surface area contributed by atoms with E-state index in [9.17, 15) is 0 Å². The van der Waals surface area contributed by atoms with Gasteiger partial charge in [-0.2, -0.15) is 0 Å². The van der Waals surface area contributed by atoms with Crippen molar-refractivity contribution in [1.82, 2.24) is 4.57 Å². The zero-order valence-corrected chi connectivity index (χ0v) is 32.4. The number of anilines is 6. The molecule has 0 spiro atoms. The third-order valence-electron chi connectivity index (χ3n) is 11.1. The van der Waals surface area contributed by atoms with Gasteiger partial charge in [-0.1, -0.05) is 121 Å². The van der Waals surface area contributed by atoms with Gasteiger partial charge in [-0.15, -0.1) is 11.3 Å². The number of nitrogens with zero attached hydrogens (tertiary/aromatic N) is 3. The number of hydrogen-bond donors (Lipinski definition) is 0. The van der Waals surface area contributed by atoms with E-state index in [0.29, 0.717) is 0 Å². The van der Waals surface area contributed by atoms with Crippen molar-refractivity contribution in [2.75, 3.05) is 9.80 Å². The molecule has 0 N–H and O–H groups in total. The van der Waals surface area contributed by atoms with Crippen LogP contribution in [0, 0.1) is 0 Å². The lowest BCUT2D eigenvalue weighted by atomic mass is 10.0. The normalized spacial score (nSPS) is 11.4. The molecule has 0 aliphatic carbocycles. The Bertz CT molecular complexity index is 3190. The summed E-state index contributed by atoms with van der Waals surface area (Å²) in [5, 5.41) is 5.08. The smallest absolute Gasteiger partial charge is 0.0547 e. The summed E-state index contributed by atoms with van der Waals surface area (Å²) in [6, 6.07) is 81.0. The van der Waals surface area contributed by atoms with Crippen LogP contribution in [0.1, 0.15) is 0 Å². The Labute approximate surface area is 341 Å². The van der Waals surface area contributed by atoms with Crippen LogP contribution in [0.15, 0.2) is 224 Å². The highest BCUT2D eigenvalue weighted by atomic mass is 32.1. The molecule has 0 aliphatic heterocycles. The molecular formula is C54H37N3S. The molecule has 4 heteroatoms. The lowest BCUT2D eigenvalue weighted by Crippen LogP contribution is -2.13. The van der Waals surface area contributed by atoms with Crippen LogP contribution in [-0.2, 0) is 0 Å². The predicted octanol–water partition coefficient (Wildman–Crippen LogP) is 15.8. The van der Waals surface area contributed by atoms with Gasteiger partial charge in [0.1, 0.15) is 0 Å². The number of fused-ring (bicyclic) bond motifs is 6. The molecule has 0 fully saturated rings. The molecule has 11 rings (SSSR count). The maximum atomic E-state index is 2.39. The van der Waals surface area contributed by atoms with Crippen molar-refractivity contribution in [2.45, 2.75) is 0 Å². The first-order chi connectivity index (χ1) is 28.8. The third-order valence-corrected chi connectivity index (χ3v) is 12.3. The van der Waals surface area contributed by atoms with E-state index in [1.165, 1.54) is 58.8 Å². The summed E-state index contributed by atoms with van der Waals surface area (Å²) in [5.41, 5.74) is 12.7. The molecule has 9 aromatic carbocycles. The number of benzene rings is 9. The minimum Gasteiger partial charge on any atom is -0.310 e. The molecule has 2 aromatic heterocycles. The Morgan fingerprint density at radius 3 is 1.47 bits per heavy atom. The standard InChI is InChI=1S/C54H37N3S/c1-5-16-40(17-6-1)55(41-18-7-2-8-19-41)44-24-15-25-45(36-44)56(42-20-9-3-10-21-42)46-30-32-49-50-34-38(29-33-53(50)58-54(49)37-46)39-28-31-48-47-26-13-14-27-51(47)57(52(48)35-39)43-22-11-4-12-23-43/h1-37H. The second-order valence-corrected chi connectivity index (χ2v) is 15.7. The van der Waals surface area contributed by atoms with E-state index >= 15 is 0 Å². The zero-order valence-electron chi connectivity index (χ0n) is 31.6. The van der Waals surface area contributed by atoms with Crippen molar-refractivity contribution in [3.05, 3.63) is 224 Å². The Hall–Kier alpha value is -7.40. The van der Waals surface area contributed by atoms with Crippen molar-refractivity contribution in [1.29, 1.82) is 0 Å². The van der Waals surface area contributed by atoms with Gasteiger partial charge in [0.05, 0.1) is 11.0 Å². The summed E-state index contributed by atoms with van der Waals surface area (Å²) in [7, 11) is 0. The topological polar surface area (TPSA) is 11.4 Å². The van der Waals surface area contributed by atoms with Crippen LogP contribution in [-0.4, -0.2) is 4.57 Å². The maximum Gasteiger partial charge on any atom is 0.0547 e. The summed E-state index contributed by atoms with van der Waals surface area (Å²) in [6.07, 6.45) is 0. The van der Waals surface area contributed by atoms with E-state index in [4.69, 9.17) is 0 Å². The van der Waals surface area contributed by atoms with Gasteiger partial charge in [-0.3, -0.25) is 0 Å². The molecule has 58 heavy (non-hydrogen) atoms. The Kier molecular flexibility index (Phi) is 8.34.